The van der Waals surface area contributed by atoms with Crippen molar-refractivity contribution in [2.45, 2.75) is 63.8 Å². The molecule has 1 aliphatic heterocycles. The first-order chi connectivity index (χ1) is 19.0. The van der Waals surface area contributed by atoms with Gasteiger partial charge in [0.25, 0.3) is 0 Å². The topological polar surface area (TPSA) is 125 Å². The van der Waals surface area contributed by atoms with Gasteiger partial charge in [-0.25, -0.2) is 23.1 Å². The molecule has 0 bridgehead atoms. The molecule has 40 heavy (non-hydrogen) atoms. The van der Waals surface area contributed by atoms with Crippen molar-refractivity contribution in [2.24, 2.45) is 5.92 Å². The molecule has 12 heteroatoms. The second kappa shape index (κ2) is 11.4. The summed E-state index contributed by atoms with van der Waals surface area (Å²) in [6, 6.07) is 7.14. The fourth-order valence-corrected chi connectivity index (χ4v) is 7.58. The first kappa shape index (κ1) is 29.0. The second-order valence-electron chi connectivity index (χ2n) is 11.0. The van der Waals surface area contributed by atoms with Crippen LogP contribution in [-0.4, -0.2) is 74.9 Å². The first-order valence-corrected chi connectivity index (χ1v) is 16.2. The molecule has 2 aromatic heterocycles. The van der Waals surface area contributed by atoms with E-state index in [1.54, 1.807) is 23.0 Å². The molecule has 5 rings (SSSR count). The Balaban J connectivity index is 1.43. The molecule has 0 saturated carbocycles. The third kappa shape index (κ3) is 5.76. The zero-order chi connectivity index (χ0) is 28.8. The van der Waals surface area contributed by atoms with E-state index in [2.05, 4.69) is 34.1 Å². The molecule has 3 aromatic rings. The van der Waals surface area contributed by atoms with Gasteiger partial charge in [0, 0.05) is 28.4 Å². The number of rotatable bonds is 7. The standard InChI is InChI=1S/C28H32Cl2N6O3S/c1-16-11-18(6-9-24(16)35-10-4-5-25(35)26(37)15-40(3,38)39)23-14-32-27-22(13-31)34-36(28(27)33-23)17(2)20-8-7-19(29)12-21(20)30/h6-8,12,14,16-17,24-26,37H,4-5,9-11,15H2,1-3H3/t16-,17?,24+,25+,26?/m1/s1. The Kier molecular flexibility index (Phi) is 8.24. The molecule has 1 saturated heterocycles. The number of aliphatic hydroxyl groups is 1. The maximum atomic E-state index is 11.8. The highest BCUT2D eigenvalue weighted by atomic mass is 35.5. The quantitative estimate of drug-likeness (QED) is 0.413. The third-order valence-corrected chi connectivity index (χ3v) is 9.62. The summed E-state index contributed by atoms with van der Waals surface area (Å²) in [5.74, 6) is 0.0409. The Morgan fingerprint density at radius 3 is 2.75 bits per heavy atom. The van der Waals surface area contributed by atoms with Crippen LogP contribution in [0.1, 0.15) is 62.5 Å². The Morgan fingerprint density at radius 2 is 2.08 bits per heavy atom. The van der Waals surface area contributed by atoms with E-state index in [-0.39, 0.29) is 35.5 Å². The molecule has 9 nitrogen and oxygen atoms in total. The minimum Gasteiger partial charge on any atom is -0.390 e. The molecule has 0 radical (unpaired) electrons. The number of aliphatic hydroxyl groups excluding tert-OH is 1. The Morgan fingerprint density at radius 1 is 1.30 bits per heavy atom. The highest BCUT2D eigenvalue weighted by Gasteiger charge is 2.39. The summed E-state index contributed by atoms with van der Waals surface area (Å²) in [5.41, 5.74) is 3.74. The van der Waals surface area contributed by atoms with Crippen LogP contribution in [0.2, 0.25) is 10.0 Å². The number of sulfone groups is 1. The normalized spacial score (nSPS) is 23.6. The van der Waals surface area contributed by atoms with Crippen molar-refractivity contribution in [1.82, 2.24) is 24.6 Å². The molecule has 0 spiro atoms. The number of nitriles is 1. The van der Waals surface area contributed by atoms with Gasteiger partial charge in [0.2, 0.25) is 0 Å². The zero-order valence-electron chi connectivity index (χ0n) is 22.6. The van der Waals surface area contributed by atoms with E-state index in [1.807, 2.05) is 13.0 Å². The van der Waals surface area contributed by atoms with Crippen LogP contribution in [0.4, 0.5) is 0 Å². The van der Waals surface area contributed by atoms with Crippen LogP contribution in [0.25, 0.3) is 16.7 Å². The van der Waals surface area contributed by atoms with Gasteiger partial charge in [-0.1, -0.05) is 42.3 Å². The van der Waals surface area contributed by atoms with Crippen molar-refractivity contribution in [2.75, 3.05) is 18.6 Å². The molecule has 1 fully saturated rings. The molecule has 1 N–H and O–H groups in total. The fourth-order valence-electron chi connectivity index (χ4n) is 6.17. The van der Waals surface area contributed by atoms with Crippen LogP contribution >= 0.6 is 23.2 Å². The Labute approximate surface area is 244 Å². The number of likely N-dealkylation sites (tertiary alicyclic amines) is 1. The summed E-state index contributed by atoms with van der Waals surface area (Å²) in [6.45, 7) is 4.97. The number of hydrogen-bond acceptors (Lipinski definition) is 8. The summed E-state index contributed by atoms with van der Waals surface area (Å²) < 4.78 is 25.3. The lowest BCUT2D eigenvalue weighted by atomic mass is 9.83. The van der Waals surface area contributed by atoms with Gasteiger partial charge in [-0.2, -0.15) is 10.4 Å². The lowest BCUT2D eigenvalue weighted by Crippen LogP contribution is -2.50. The number of hydrogen-bond donors (Lipinski definition) is 1. The van der Waals surface area contributed by atoms with E-state index in [0.717, 1.165) is 49.1 Å². The smallest absolute Gasteiger partial charge is 0.190 e. The molecule has 1 aliphatic carbocycles. The number of fused-ring (bicyclic) bond motifs is 1. The number of aromatic nitrogens is 4. The molecule has 1 aromatic carbocycles. The van der Waals surface area contributed by atoms with Crippen LogP contribution in [-0.2, 0) is 9.84 Å². The third-order valence-electron chi connectivity index (χ3n) is 8.11. The predicted molar refractivity (Wildman–Crippen MR) is 156 cm³/mol. The van der Waals surface area contributed by atoms with E-state index in [1.165, 1.54) is 6.26 Å². The van der Waals surface area contributed by atoms with Crippen LogP contribution in [0, 0.1) is 17.2 Å². The summed E-state index contributed by atoms with van der Waals surface area (Å²) in [6.07, 6.45) is 7.39. The highest BCUT2D eigenvalue weighted by Crippen LogP contribution is 2.37. The van der Waals surface area contributed by atoms with E-state index in [9.17, 15) is 18.8 Å². The summed E-state index contributed by atoms with van der Waals surface area (Å²) in [4.78, 5) is 11.8. The maximum Gasteiger partial charge on any atom is 0.190 e. The molecular formula is C28H32Cl2N6O3S. The molecule has 5 atom stereocenters. The van der Waals surface area contributed by atoms with Crippen molar-refractivity contribution in [3.63, 3.8) is 0 Å². The molecule has 2 aliphatic rings. The molecular weight excluding hydrogens is 571 g/mol. The molecule has 3 heterocycles. The monoisotopic (exact) mass is 602 g/mol. The molecule has 0 amide bonds. The minimum atomic E-state index is -3.27. The predicted octanol–water partition coefficient (Wildman–Crippen LogP) is 4.67. The van der Waals surface area contributed by atoms with Gasteiger partial charge in [-0.3, -0.25) is 4.90 Å². The number of halogens is 2. The van der Waals surface area contributed by atoms with Gasteiger partial charge in [0.1, 0.15) is 21.4 Å². The van der Waals surface area contributed by atoms with Crippen LogP contribution in [0.5, 0.6) is 0 Å². The van der Waals surface area contributed by atoms with Gasteiger partial charge >= 0.3 is 0 Å². The first-order valence-electron chi connectivity index (χ1n) is 13.4. The Hall–Kier alpha value is -2.55. The average Bonchev–Trinajstić information content (AvgIpc) is 3.52. The van der Waals surface area contributed by atoms with Crippen LogP contribution < -0.4 is 0 Å². The van der Waals surface area contributed by atoms with Crippen molar-refractivity contribution in [1.29, 1.82) is 5.26 Å². The van der Waals surface area contributed by atoms with Gasteiger partial charge < -0.3 is 5.11 Å². The van der Waals surface area contributed by atoms with Crippen LogP contribution in [0.3, 0.4) is 0 Å². The second-order valence-corrected chi connectivity index (χ2v) is 14.0. The van der Waals surface area contributed by atoms with Crippen molar-refractivity contribution in [3.8, 4) is 6.07 Å². The maximum absolute atomic E-state index is 11.8. The number of benzene rings is 1. The average molecular weight is 604 g/mol. The largest absolute Gasteiger partial charge is 0.390 e. The van der Waals surface area contributed by atoms with E-state index >= 15 is 0 Å². The zero-order valence-corrected chi connectivity index (χ0v) is 25.0. The van der Waals surface area contributed by atoms with Crippen molar-refractivity contribution < 1.29 is 13.5 Å². The van der Waals surface area contributed by atoms with Crippen LogP contribution in [0.15, 0.2) is 30.5 Å². The van der Waals surface area contributed by atoms with Gasteiger partial charge in [0.05, 0.1) is 29.8 Å². The van der Waals surface area contributed by atoms with E-state index in [4.69, 9.17) is 28.2 Å². The van der Waals surface area contributed by atoms with Gasteiger partial charge in [-0.05, 0) is 68.3 Å². The molecule has 2 unspecified atom stereocenters. The van der Waals surface area contributed by atoms with Gasteiger partial charge in [0.15, 0.2) is 11.3 Å². The summed E-state index contributed by atoms with van der Waals surface area (Å²) in [7, 11) is -3.27. The van der Waals surface area contributed by atoms with E-state index < -0.39 is 15.9 Å². The number of allylic oxidation sites excluding steroid dienone is 1. The molecule has 212 valence electrons. The fraction of sp³-hybridized carbons (Fsp3) is 0.500. The number of nitrogens with zero attached hydrogens (tertiary/aromatic N) is 6. The van der Waals surface area contributed by atoms with Crippen molar-refractivity contribution >= 4 is 49.8 Å². The highest BCUT2D eigenvalue weighted by molar-refractivity contribution is 7.90. The lowest BCUT2D eigenvalue weighted by molar-refractivity contribution is 0.0463. The summed E-state index contributed by atoms with van der Waals surface area (Å²) >= 11 is 12.6. The Bertz CT molecular complexity index is 1620. The summed E-state index contributed by atoms with van der Waals surface area (Å²) in [5, 5.41) is 26.0. The van der Waals surface area contributed by atoms with Crippen molar-refractivity contribution in [3.05, 3.63) is 57.5 Å². The van der Waals surface area contributed by atoms with Gasteiger partial charge in [-0.15, -0.1) is 0 Å². The lowest BCUT2D eigenvalue weighted by Gasteiger charge is -2.40. The minimum absolute atomic E-state index is 0.159. The van der Waals surface area contributed by atoms with E-state index in [0.29, 0.717) is 21.2 Å². The SMILES string of the molecule is CC(c1ccc(Cl)cc1Cl)n1nc(C#N)c2ncc(C3=CC[C@H](N4CCC[C@H]4C(O)CS(C)(=O)=O)[C@H](C)C3)nc21.